The Balaban J connectivity index is 1.81. The van der Waals surface area contributed by atoms with Crippen LogP contribution >= 0.6 is 11.6 Å². The maximum absolute atomic E-state index is 13.1. The molecule has 0 aliphatic heterocycles. The molecular weight excluding hydrogens is 452 g/mol. The van der Waals surface area contributed by atoms with E-state index in [1.807, 2.05) is 0 Å². The molecular formula is C23H23ClN2O7. The van der Waals surface area contributed by atoms with Crippen LogP contribution in [-0.4, -0.2) is 48.2 Å². The standard InChI is InChI=1S/C23H23ClN2O7/c1-25(23(12-6-5-9-20(23)27)16-7-3-4-8-17(16)24)21(28)14-33-22(29)15-10-11-19(32-2)18(13-15)26(30)31/h3-4,7-8,10-11,13H,5-6,9,12,14H2,1-2H3. The molecule has 0 spiro atoms. The fourth-order valence-electron chi connectivity index (χ4n) is 4.11. The SMILES string of the molecule is COc1ccc(C(=O)OCC(=O)N(C)C2(c3ccccc3Cl)CCCCC2=O)cc1[N+](=O)[O-]. The lowest BCUT2D eigenvalue weighted by molar-refractivity contribution is -0.385. The van der Waals surface area contributed by atoms with Crippen LogP contribution in [0, 0.1) is 10.1 Å². The van der Waals surface area contributed by atoms with E-state index in [0.717, 1.165) is 18.9 Å². The number of ether oxygens (including phenoxy) is 2. The Hall–Kier alpha value is -3.46. The van der Waals surface area contributed by atoms with Crippen LogP contribution in [0.4, 0.5) is 5.69 Å². The minimum Gasteiger partial charge on any atom is -0.490 e. The van der Waals surface area contributed by atoms with Gasteiger partial charge in [0, 0.05) is 30.1 Å². The van der Waals surface area contributed by atoms with Gasteiger partial charge in [0.2, 0.25) is 0 Å². The Labute approximate surface area is 195 Å². The number of carbonyl (C=O) groups is 3. The van der Waals surface area contributed by atoms with Gasteiger partial charge < -0.3 is 14.4 Å². The Morgan fingerprint density at radius 3 is 2.58 bits per heavy atom. The third-order valence-electron chi connectivity index (χ3n) is 5.86. The first-order valence-corrected chi connectivity index (χ1v) is 10.6. The van der Waals surface area contributed by atoms with Crippen molar-refractivity contribution in [3.05, 3.63) is 68.7 Å². The summed E-state index contributed by atoms with van der Waals surface area (Å²) in [6, 6.07) is 10.5. The van der Waals surface area contributed by atoms with Crippen molar-refractivity contribution in [1.82, 2.24) is 4.90 Å². The molecule has 1 amide bonds. The summed E-state index contributed by atoms with van der Waals surface area (Å²) in [5, 5.41) is 11.6. The monoisotopic (exact) mass is 474 g/mol. The Morgan fingerprint density at radius 1 is 1.21 bits per heavy atom. The van der Waals surface area contributed by atoms with Crippen molar-refractivity contribution in [1.29, 1.82) is 0 Å². The zero-order valence-electron chi connectivity index (χ0n) is 18.2. The Morgan fingerprint density at radius 2 is 1.94 bits per heavy atom. The van der Waals surface area contributed by atoms with Crippen molar-refractivity contribution in [2.24, 2.45) is 0 Å². The van der Waals surface area contributed by atoms with Gasteiger partial charge in [-0.3, -0.25) is 19.7 Å². The predicted octanol–water partition coefficient (Wildman–Crippen LogP) is 3.91. The van der Waals surface area contributed by atoms with Crippen molar-refractivity contribution in [3.8, 4) is 5.75 Å². The molecule has 1 aliphatic rings. The second-order valence-corrected chi connectivity index (χ2v) is 8.05. The maximum atomic E-state index is 13.1. The number of nitrogens with zero attached hydrogens (tertiary/aromatic N) is 2. The lowest BCUT2D eigenvalue weighted by Gasteiger charge is -2.43. The lowest BCUT2D eigenvalue weighted by Crippen LogP contribution is -2.55. The van der Waals surface area contributed by atoms with E-state index in [1.165, 1.54) is 31.2 Å². The zero-order valence-corrected chi connectivity index (χ0v) is 19.0. The van der Waals surface area contributed by atoms with E-state index >= 15 is 0 Å². The van der Waals surface area contributed by atoms with Crippen LogP contribution in [0.1, 0.15) is 41.6 Å². The molecule has 0 radical (unpaired) electrons. The van der Waals surface area contributed by atoms with Crippen molar-refractivity contribution in [3.63, 3.8) is 0 Å². The third-order valence-corrected chi connectivity index (χ3v) is 6.19. The number of Topliss-reactive ketones (excluding diaryl/α,β-unsaturated/α-hetero) is 1. The molecule has 1 atom stereocenters. The number of likely N-dealkylation sites (N-methyl/N-ethyl adjacent to an activating group) is 1. The molecule has 174 valence electrons. The number of carbonyl (C=O) groups excluding carboxylic acids is 3. The number of amides is 1. The minimum atomic E-state index is -1.25. The summed E-state index contributed by atoms with van der Waals surface area (Å²) in [5.41, 5.74) is -1.23. The normalized spacial score (nSPS) is 17.8. The van der Waals surface area contributed by atoms with Crippen LogP contribution in [0.5, 0.6) is 5.75 Å². The highest BCUT2D eigenvalue weighted by atomic mass is 35.5. The molecule has 33 heavy (non-hydrogen) atoms. The van der Waals surface area contributed by atoms with Gasteiger partial charge in [0.25, 0.3) is 5.91 Å². The van der Waals surface area contributed by atoms with Crippen LogP contribution in [-0.2, 0) is 19.9 Å². The van der Waals surface area contributed by atoms with E-state index in [9.17, 15) is 24.5 Å². The molecule has 0 N–H and O–H groups in total. The van der Waals surface area contributed by atoms with Crippen molar-refractivity contribution < 1.29 is 28.8 Å². The van der Waals surface area contributed by atoms with E-state index in [2.05, 4.69) is 0 Å². The fraction of sp³-hybridized carbons (Fsp3) is 0.348. The second kappa shape index (κ2) is 9.99. The maximum Gasteiger partial charge on any atom is 0.338 e. The van der Waals surface area contributed by atoms with Crippen LogP contribution in [0.2, 0.25) is 5.02 Å². The molecule has 0 bridgehead atoms. The lowest BCUT2D eigenvalue weighted by atomic mass is 9.74. The molecule has 0 heterocycles. The van der Waals surface area contributed by atoms with E-state index in [-0.39, 0.29) is 17.1 Å². The van der Waals surface area contributed by atoms with Gasteiger partial charge in [-0.1, -0.05) is 29.8 Å². The largest absolute Gasteiger partial charge is 0.490 e. The van der Waals surface area contributed by atoms with Crippen molar-refractivity contribution >= 4 is 34.9 Å². The molecule has 0 saturated heterocycles. The number of ketones is 1. The van der Waals surface area contributed by atoms with Crippen molar-refractivity contribution in [2.75, 3.05) is 20.8 Å². The third kappa shape index (κ3) is 4.68. The highest BCUT2D eigenvalue weighted by molar-refractivity contribution is 6.31. The fourth-order valence-corrected chi connectivity index (χ4v) is 4.40. The number of methoxy groups -OCH3 is 1. The topological polar surface area (TPSA) is 116 Å². The smallest absolute Gasteiger partial charge is 0.338 e. The molecule has 10 heteroatoms. The van der Waals surface area contributed by atoms with E-state index in [0.29, 0.717) is 23.4 Å². The van der Waals surface area contributed by atoms with Gasteiger partial charge in [-0.2, -0.15) is 0 Å². The number of nitro benzene ring substituents is 1. The molecule has 2 aromatic rings. The highest BCUT2D eigenvalue weighted by Gasteiger charge is 2.48. The number of halogens is 1. The number of rotatable bonds is 7. The number of hydrogen-bond donors (Lipinski definition) is 0. The predicted molar refractivity (Wildman–Crippen MR) is 119 cm³/mol. The quantitative estimate of drug-likeness (QED) is 0.339. The summed E-state index contributed by atoms with van der Waals surface area (Å²) in [5.74, 6) is -1.65. The summed E-state index contributed by atoms with van der Waals surface area (Å²) in [4.78, 5) is 50.4. The van der Waals surface area contributed by atoms with Gasteiger partial charge in [0.15, 0.2) is 18.1 Å². The van der Waals surface area contributed by atoms with Gasteiger partial charge in [0.05, 0.1) is 17.6 Å². The van der Waals surface area contributed by atoms with Crippen LogP contribution in [0.15, 0.2) is 42.5 Å². The van der Waals surface area contributed by atoms with Gasteiger partial charge in [-0.25, -0.2) is 4.79 Å². The zero-order chi connectivity index (χ0) is 24.2. The molecule has 1 saturated carbocycles. The molecule has 0 aromatic heterocycles. The van der Waals surface area contributed by atoms with Crippen LogP contribution in [0.25, 0.3) is 0 Å². The highest BCUT2D eigenvalue weighted by Crippen LogP contribution is 2.42. The van der Waals surface area contributed by atoms with Crippen molar-refractivity contribution in [2.45, 2.75) is 31.2 Å². The van der Waals surface area contributed by atoms with Crippen LogP contribution in [0.3, 0.4) is 0 Å². The van der Waals surface area contributed by atoms with Crippen LogP contribution < -0.4 is 4.74 Å². The minimum absolute atomic E-state index is 0.00940. The van der Waals surface area contributed by atoms with Gasteiger partial charge in [-0.15, -0.1) is 0 Å². The Bertz CT molecular complexity index is 1100. The average molecular weight is 475 g/mol. The summed E-state index contributed by atoms with van der Waals surface area (Å²) in [6.07, 6.45) is 2.15. The van der Waals surface area contributed by atoms with Gasteiger partial charge in [-0.05, 0) is 37.5 Å². The van der Waals surface area contributed by atoms with Gasteiger partial charge >= 0.3 is 11.7 Å². The first kappa shape index (κ1) is 24.2. The molecule has 2 aromatic carbocycles. The summed E-state index contributed by atoms with van der Waals surface area (Å²) in [6.45, 7) is -0.644. The first-order valence-electron chi connectivity index (χ1n) is 10.3. The number of nitro groups is 1. The number of esters is 1. The van der Waals surface area contributed by atoms with E-state index in [1.54, 1.807) is 24.3 Å². The van der Waals surface area contributed by atoms with E-state index < -0.39 is 34.6 Å². The Kier molecular flexibility index (Phi) is 7.33. The number of hydrogen-bond acceptors (Lipinski definition) is 7. The second-order valence-electron chi connectivity index (χ2n) is 7.64. The average Bonchev–Trinajstić information content (AvgIpc) is 2.82. The summed E-state index contributed by atoms with van der Waals surface area (Å²) >= 11 is 6.39. The summed E-state index contributed by atoms with van der Waals surface area (Å²) in [7, 11) is 2.76. The van der Waals surface area contributed by atoms with Gasteiger partial charge in [0.1, 0.15) is 5.54 Å². The number of benzene rings is 2. The molecule has 3 rings (SSSR count). The molecule has 9 nitrogen and oxygen atoms in total. The summed E-state index contributed by atoms with van der Waals surface area (Å²) < 4.78 is 10.0. The first-order chi connectivity index (χ1) is 15.7. The molecule has 1 unspecified atom stereocenters. The molecule has 1 aliphatic carbocycles. The molecule has 1 fully saturated rings. The van der Waals surface area contributed by atoms with E-state index in [4.69, 9.17) is 21.1 Å².